The zero-order valence-electron chi connectivity index (χ0n) is 12.2. The van der Waals surface area contributed by atoms with E-state index in [1.54, 1.807) is 0 Å². The van der Waals surface area contributed by atoms with Crippen molar-refractivity contribution >= 4 is 11.8 Å². The van der Waals surface area contributed by atoms with Crippen LogP contribution in [-0.4, -0.2) is 20.5 Å². The Labute approximate surface area is 129 Å². The third kappa shape index (κ3) is 2.49. The number of aromatic nitrogens is 3. The third-order valence-corrected chi connectivity index (χ3v) is 5.46. The molecular weight excluding hydrogens is 280 g/mol. The maximum atomic E-state index is 4.64. The second-order valence-corrected chi connectivity index (χ2v) is 6.97. The molecule has 0 saturated heterocycles. The molecular formula is C16H20N4S. The minimum atomic E-state index is 0.334. The van der Waals surface area contributed by atoms with Gasteiger partial charge in [0.1, 0.15) is 11.6 Å². The first-order chi connectivity index (χ1) is 10.3. The number of thioether (sulfide) groups is 1. The number of hydrogen-bond acceptors (Lipinski definition) is 4. The van der Waals surface area contributed by atoms with Gasteiger partial charge in [0.15, 0.2) is 0 Å². The Kier molecular flexibility index (Phi) is 3.47. The van der Waals surface area contributed by atoms with Gasteiger partial charge < -0.3 is 5.32 Å². The zero-order chi connectivity index (χ0) is 14.2. The Bertz CT molecular complexity index is 651. The summed E-state index contributed by atoms with van der Waals surface area (Å²) in [5.74, 6) is 3.19. The highest BCUT2D eigenvalue weighted by Crippen LogP contribution is 2.38. The summed E-state index contributed by atoms with van der Waals surface area (Å²) >= 11 is 1.97. The molecule has 3 heterocycles. The molecule has 0 unspecified atom stereocenters. The molecule has 2 aliphatic rings. The quantitative estimate of drug-likeness (QED) is 0.924. The molecule has 1 aromatic heterocycles. The van der Waals surface area contributed by atoms with Crippen molar-refractivity contribution in [2.45, 2.75) is 49.7 Å². The second-order valence-electron chi connectivity index (χ2n) is 5.83. The summed E-state index contributed by atoms with van der Waals surface area (Å²) in [6.45, 7) is 2.99. The van der Waals surface area contributed by atoms with Crippen molar-refractivity contribution in [3.8, 4) is 0 Å². The van der Waals surface area contributed by atoms with E-state index in [0.717, 1.165) is 24.6 Å². The Morgan fingerprint density at radius 2 is 2.14 bits per heavy atom. The van der Waals surface area contributed by atoms with Crippen molar-refractivity contribution in [1.82, 2.24) is 20.1 Å². The van der Waals surface area contributed by atoms with E-state index in [1.165, 1.54) is 29.1 Å². The fourth-order valence-corrected chi connectivity index (χ4v) is 4.51. The van der Waals surface area contributed by atoms with Crippen LogP contribution in [0.4, 0.5) is 0 Å². The largest absolute Gasteiger partial charge is 0.300 e. The van der Waals surface area contributed by atoms with Crippen LogP contribution >= 0.6 is 11.8 Å². The van der Waals surface area contributed by atoms with Gasteiger partial charge >= 0.3 is 0 Å². The van der Waals surface area contributed by atoms with Gasteiger partial charge in [-0.2, -0.15) is 5.10 Å². The average Bonchev–Trinajstić information content (AvgIpc) is 2.89. The van der Waals surface area contributed by atoms with E-state index in [2.05, 4.69) is 44.3 Å². The Morgan fingerprint density at radius 3 is 3.10 bits per heavy atom. The molecule has 0 spiro atoms. The van der Waals surface area contributed by atoms with Crippen LogP contribution in [0.15, 0.2) is 29.2 Å². The van der Waals surface area contributed by atoms with Gasteiger partial charge in [0.05, 0.1) is 6.04 Å². The summed E-state index contributed by atoms with van der Waals surface area (Å²) in [7, 11) is 0. The topological polar surface area (TPSA) is 42.7 Å². The number of aryl methyl sites for hydroxylation is 2. The fraction of sp³-hybridized carbons (Fsp3) is 0.500. The molecule has 1 aromatic carbocycles. The van der Waals surface area contributed by atoms with Gasteiger partial charge in [-0.25, -0.2) is 9.67 Å². The molecule has 0 fully saturated rings. The Morgan fingerprint density at radius 1 is 1.24 bits per heavy atom. The van der Waals surface area contributed by atoms with Crippen molar-refractivity contribution in [1.29, 1.82) is 0 Å². The molecule has 2 aliphatic heterocycles. The van der Waals surface area contributed by atoms with E-state index in [-0.39, 0.29) is 0 Å². The maximum absolute atomic E-state index is 4.64. The molecule has 0 amide bonds. The standard InChI is InChI=1S/C16H20N4S/c1-11-17-16-14(6-4-9-20(16)19-11)18-13-8-10-21-15-7-3-2-5-12(13)15/h2-3,5,7,13-14,18H,4,6,8-10H2,1H3/t13-,14-/m1/s1. The van der Waals surface area contributed by atoms with Crippen LogP contribution in [-0.2, 0) is 6.54 Å². The van der Waals surface area contributed by atoms with Crippen molar-refractivity contribution in [3.05, 3.63) is 41.5 Å². The van der Waals surface area contributed by atoms with Crippen LogP contribution in [0.3, 0.4) is 0 Å². The number of nitrogens with zero attached hydrogens (tertiary/aromatic N) is 3. The number of fused-ring (bicyclic) bond motifs is 2. The predicted octanol–water partition coefficient (Wildman–Crippen LogP) is 3.25. The van der Waals surface area contributed by atoms with Crippen molar-refractivity contribution in [2.75, 3.05) is 5.75 Å². The van der Waals surface area contributed by atoms with E-state index in [0.29, 0.717) is 12.1 Å². The van der Waals surface area contributed by atoms with E-state index in [1.807, 2.05) is 18.7 Å². The molecule has 4 nitrogen and oxygen atoms in total. The normalized spacial score (nSPS) is 24.4. The fourth-order valence-electron chi connectivity index (χ4n) is 3.38. The number of benzene rings is 1. The third-order valence-electron chi connectivity index (χ3n) is 4.34. The monoisotopic (exact) mass is 300 g/mol. The number of hydrogen-bond donors (Lipinski definition) is 1. The van der Waals surface area contributed by atoms with Gasteiger partial charge in [-0.05, 0) is 43.6 Å². The average molecular weight is 300 g/mol. The van der Waals surface area contributed by atoms with Crippen molar-refractivity contribution in [2.24, 2.45) is 0 Å². The summed E-state index contributed by atoms with van der Waals surface area (Å²) < 4.78 is 2.08. The second kappa shape index (κ2) is 5.46. The molecule has 110 valence electrons. The SMILES string of the molecule is Cc1nc2n(n1)CCC[C@H]2N[C@@H]1CCSc2ccccc21. The first kappa shape index (κ1) is 13.3. The van der Waals surface area contributed by atoms with Crippen LogP contribution in [0.5, 0.6) is 0 Å². The van der Waals surface area contributed by atoms with Crippen molar-refractivity contribution < 1.29 is 0 Å². The van der Waals surface area contributed by atoms with Gasteiger partial charge in [0.25, 0.3) is 0 Å². The maximum Gasteiger partial charge on any atom is 0.147 e. The van der Waals surface area contributed by atoms with Crippen LogP contribution in [0.25, 0.3) is 0 Å². The molecule has 2 atom stereocenters. The summed E-state index contributed by atoms with van der Waals surface area (Å²) in [5, 5.41) is 8.35. The predicted molar refractivity (Wildman–Crippen MR) is 84.4 cm³/mol. The van der Waals surface area contributed by atoms with Crippen LogP contribution in [0.2, 0.25) is 0 Å². The van der Waals surface area contributed by atoms with Gasteiger partial charge in [-0.15, -0.1) is 11.8 Å². The molecule has 0 saturated carbocycles. The molecule has 1 N–H and O–H groups in total. The summed E-state index contributed by atoms with van der Waals surface area (Å²) in [4.78, 5) is 6.06. The van der Waals surface area contributed by atoms with Gasteiger partial charge in [0.2, 0.25) is 0 Å². The number of nitrogens with one attached hydrogen (secondary N) is 1. The molecule has 0 radical (unpaired) electrons. The summed E-state index contributed by atoms with van der Waals surface area (Å²) in [6.07, 6.45) is 3.52. The molecule has 0 bridgehead atoms. The minimum Gasteiger partial charge on any atom is -0.300 e. The van der Waals surface area contributed by atoms with E-state index in [9.17, 15) is 0 Å². The lowest BCUT2D eigenvalue weighted by molar-refractivity contribution is 0.330. The van der Waals surface area contributed by atoms with Crippen molar-refractivity contribution in [3.63, 3.8) is 0 Å². The van der Waals surface area contributed by atoms with Crippen LogP contribution in [0.1, 0.15) is 48.6 Å². The van der Waals surface area contributed by atoms with E-state index < -0.39 is 0 Å². The van der Waals surface area contributed by atoms with E-state index in [4.69, 9.17) is 0 Å². The molecule has 2 aromatic rings. The minimum absolute atomic E-state index is 0.334. The first-order valence-electron chi connectivity index (χ1n) is 7.70. The summed E-state index contributed by atoms with van der Waals surface area (Å²) in [5.41, 5.74) is 1.45. The summed E-state index contributed by atoms with van der Waals surface area (Å²) in [6, 6.07) is 9.55. The molecule has 0 aliphatic carbocycles. The van der Waals surface area contributed by atoms with E-state index >= 15 is 0 Å². The number of rotatable bonds is 2. The zero-order valence-corrected chi connectivity index (χ0v) is 13.1. The lowest BCUT2D eigenvalue weighted by Crippen LogP contribution is -2.33. The lowest BCUT2D eigenvalue weighted by atomic mass is 10.00. The Balaban J connectivity index is 1.60. The molecule has 4 rings (SSSR count). The smallest absolute Gasteiger partial charge is 0.147 e. The highest BCUT2D eigenvalue weighted by molar-refractivity contribution is 7.99. The van der Waals surface area contributed by atoms with Crippen LogP contribution in [0, 0.1) is 6.92 Å². The Hall–Kier alpha value is -1.33. The van der Waals surface area contributed by atoms with Gasteiger partial charge in [0, 0.05) is 17.5 Å². The molecule has 21 heavy (non-hydrogen) atoms. The van der Waals surface area contributed by atoms with Gasteiger partial charge in [-0.3, -0.25) is 0 Å². The molecule has 5 heteroatoms. The first-order valence-corrected chi connectivity index (χ1v) is 8.69. The van der Waals surface area contributed by atoms with Gasteiger partial charge in [-0.1, -0.05) is 18.2 Å². The highest BCUT2D eigenvalue weighted by atomic mass is 32.2. The highest BCUT2D eigenvalue weighted by Gasteiger charge is 2.28. The van der Waals surface area contributed by atoms with Crippen LogP contribution < -0.4 is 5.32 Å². The lowest BCUT2D eigenvalue weighted by Gasteiger charge is -2.31.